The number of halogens is 2. The summed E-state index contributed by atoms with van der Waals surface area (Å²) < 4.78 is 0. The zero-order chi connectivity index (χ0) is 22.9. The highest BCUT2D eigenvalue weighted by Gasteiger charge is 2.31. The van der Waals surface area contributed by atoms with E-state index >= 15 is 0 Å². The van der Waals surface area contributed by atoms with Crippen LogP contribution in [0, 0.1) is 0 Å². The summed E-state index contributed by atoms with van der Waals surface area (Å²) in [7, 11) is 0. The molecule has 2 amide bonds. The van der Waals surface area contributed by atoms with Gasteiger partial charge in [0.2, 0.25) is 11.8 Å². The van der Waals surface area contributed by atoms with E-state index in [1.165, 1.54) is 0 Å². The van der Waals surface area contributed by atoms with Gasteiger partial charge in [0.15, 0.2) is 0 Å². The second-order valence-corrected chi connectivity index (χ2v) is 8.37. The van der Waals surface area contributed by atoms with Crippen LogP contribution in [0.4, 0.5) is 0 Å². The van der Waals surface area contributed by atoms with Gasteiger partial charge in [-0.1, -0.05) is 96.9 Å². The van der Waals surface area contributed by atoms with Crippen molar-refractivity contribution in [1.29, 1.82) is 0 Å². The summed E-state index contributed by atoms with van der Waals surface area (Å²) in [5.74, 6) is -0.326. The Kier molecular flexibility index (Phi) is 8.72. The van der Waals surface area contributed by atoms with Gasteiger partial charge in [0.05, 0.1) is 0 Å². The Morgan fingerprint density at radius 3 is 2.22 bits per heavy atom. The van der Waals surface area contributed by atoms with Crippen molar-refractivity contribution >= 4 is 35.0 Å². The summed E-state index contributed by atoms with van der Waals surface area (Å²) >= 11 is 12.2. The van der Waals surface area contributed by atoms with Gasteiger partial charge < -0.3 is 10.2 Å². The molecule has 1 N–H and O–H groups in total. The Morgan fingerprint density at radius 2 is 1.59 bits per heavy atom. The monoisotopic (exact) mass is 468 g/mol. The first kappa shape index (κ1) is 23.8. The highest BCUT2D eigenvalue weighted by molar-refractivity contribution is 6.35. The Labute approximate surface area is 199 Å². The van der Waals surface area contributed by atoms with Crippen molar-refractivity contribution in [2.24, 2.45) is 0 Å². The molecule has 3 aromatic carbocycles. The first-order valence-electron chi connectivity index (χ1n) is 10.6. The van der Waals surface area contributed by atoms with E-state index in [9.17, 15) is 9.59 Å². The smallest absolute Gasteiger partial charge is 0.247 e. The van der Waals surface area contributed by atoms with Gasteiger partial charge in [-0.25, -0.2) is 0 Å². The molecule has 166 valence electrons. The second-order valence-electron chi connectivity index (χ2n) is 7.52. The largest absolute Gasteiger partial charge is 0.350 e. The molecule has 0 spiro atoms. The molecule has 3 rings (SSSR count). The van der Waals surface area contributed by atoms with Gasteiger partial charge >= 0.3 is 0 Å². The molecule has 0 fully saturated rings. The van der Waals surface area contributed by atoms with Crippen LogP contribution in [0.1, 0.15) is 42.5 Å². The normalized spacial score (nSPS) is 11.6. The lowest BCUT2D eigenvalue weighted by molar-refractivity contribution is -0.141. The van der Waals surface area contributed by atoms with E-state index in [0.29, 0.717) is 29.4 Å². The maximum absolute atomic E-state index is 13.5. The molecular weight excluding hydrogens is 443 g/mol. The molecule has 0 aliphatic carbocycles. The van der Waals surface area contributed by atoms with Crippen LogP contribution >= 0.6 is 23.2 Å². The zero-order valence-corrected chi connectivity index (χ0v) is 19.4. The lowest BCUT2D eigenvalue weighted by Gasteiger charge is -2.31. The van der Waals surface area contributed by atoms with Crippen molar-refractivity contribution in [3.63, 3.8) is 0 Å². The molecule has 0 heterocycles. The minimum atomic E-state index is -0.762. The van der Waals surface area contributed by atoms with E-state index in [2.05, 4.69) is 5.32 Å². The lowest BCUT2D eigenvalue weighted by Crippen LogP contribution is -2.43. The summed E-state index contributed by atoms with van der Waals surface area (Å²) in [5.41, 5.74) is 2.48. The molecule has 0 saturated carbocycles. The van der Waals surface area contributed by atoms with Gasteiger partial charge in [0.25, 0.3) is 0 Å². The molecule has 0 aromatic heterocycles. The van der Waals surface area contributed by atoms with Crippen molar-refractivity contribution in [1.82, 2.24) is 10.2 Å². The van der Waals surface area contributed by atoms with Gasteiger partial charge in [-0.3, -0.25) is 9.59 Å². The number of carbonyl (C=O) groups is 2. The molecule has 1 atom stereocenters. The van der Waals surface area contributed by atoms with E-state index in [1.807, 2.05) is 67.6 Å². The van der Waals surface area contributed by atoms with Gasteiger partial charge in [-0.15, -0.1) is 0 Å². The first-order valence-corrected chi connectivity index (χ1v) is 11.3. The number of amides is 2. The number of nitrogens with zero attached hydrogens (tertiary/aromatic N) is 1. The summed E-state index contributed by atoms with van der Waals surface area (Å²) in [4.78, 5) is 28.3. The average Bonchev–Trinajstić information content (AvgIpc) is 2.79. The van der Waals surface area contributed by atoms with Crippen LogP contribution in [-0.4, -0.2) is 16.7 Å². The van der Waals surface area contributed by atoms with E-state index < -0.39 is 6.04 Å². The van der Waals surface area contributed by atoms with Crippen LogP contribution in [0.15, 0.2) is 78.9 Å². The number of hydrogen-bond acceptors (Lipinski definition) is 2. The van der Waals surface area contributed by atoms with Crippen molar-refractivity contribution < 1.29 is 9.59 Å². The van der Waals surface area contributed by atoms with Gasteiger partial charge in [-0.2, -0.15) is 0 Å². The SMILES string of the molecule is CCCC(=O)N(Cc1ccccc1)[C@@H](C(=O)NCc1ccc(Cl)cc1Cl)c1ccccc1. The van der Waals surface area contributed by atoms with Crippen LogP contribution in [0.25, 0.3) is 0 Å². The van der Waals surface area contributed by atoms with Crippen LogP contribution < -0.4 is 5.32 Å². The fourth-order valence-corrected chi connectivity index (χ4v) is 3.99. The molecule has 0 unspecified atom stereocenters. The predicted molar refractivity (Wildman–Crippen MR) is 129 cm³/mol. The topological polar surface area (TPSA) is 49.4 Å². The Morgan fingerprint density at radius 1 is 0.938 bits per heavy atom. The van der Waals surface area contributed by atoms with E-state index in [0.717, 1.165) is 16.7 Å². The lowest BCUT2D eigenvalue weighted by atomic mass is 10.0. The number of rotatable bonds is 9. The van der Waals surface area contributed by atoms with Crippen molar-refractivity contribution in [3.8, 4) is 0 Å². The summed E-state index contributed by atoms with van der Waals surface area (Å²) in [6.45, 7) is 2.53. The average molecular weight is 469 g/mol. The fraction of sp³-hybridized carbons (Fsp3) is 0.231. The molecule has 0 radical (unpaired) electrons. The van der Waals surface area contributed by atoms with Crippen molar-refractivity contribution in [3.05, 3.63) is 106 Å². The molecule has 4 nitrogen and oxygen atoms in total. The molecule has 32 heavy (non-hydrogen) atoms. The molecular formula is C26H26Cl2N2O2. The quantitative estimate of drug-likeness (QED) is 0.407. The number of nitrogens with one attached hydrogen (secondary N) is 1. The molecule has 0 saturated heterocycles. The van der Waals surface area contributed by atoms with Crippen molar-refractivity contribution in [2.45, 2.75) is 38.9 Å². The Bertz CT molecular complexity index is 1040. The summed E-state index contributed by atoms with van der Waals surface area (Å²) in [5, 5.41) is 3.98. The predicted octanol–water partition coefficient (Wildman–Crippen LogP) is 6.18. The third kappa shape index (κ3) is 6.35. The van der Waals surface area contributed by atoms with E-state index in [1.54, 1.807) is 23.1 Å². The zero-order valence-electron chi connectivity index (χ0n) is 17.9. The van der Waals surface area contributed by atoms with Crippen LogP contribution in [0.3, 0.4) is 0 Å². The van der Waals surface area contributed by atoms with Crippen LogP contribution in [0.5, 0.6) is 0 Å². The van der Waals surface area contributed by atoms with Gasteiger partial charge in [0.1, 0.15) is 6.04 Å². The maximum atomic E-state index is 13.5. The number of carbonyl (C=O) groups excluding carboxylic acids is 2. The minimum Gasteiger partial charge on any atom is -0.350 e. The van der Waals surface area contributed by atoms with E-state index in [4.69, 9.17) is 23.2 Å². The molecule has 0 bridgehead atoms. The van der Waals surface area contributed by atoms with E-state index in [-0.39, 0.29) is 18.4 Å². The second kappa shape index (κ2) is 11.7. The van der Waals surface area contributed by atoms with Crippen molar-refractivity contribution in [2.75, 3.05) is 0 Å². The summed E-state index contributed by atoms with van der Waals surface area (Å²) in [6.07, 6.45) is 1.07. The minimum absolute atomic E-state index is 0.0649. The Hall–Kier alpha value is -2.82. The third-order valence-electron chi connectivity index (χ3n) is 5.12. The standard InChI is InChI=1S/C26H26Cl2N2O2/c1-2-9-24(31)30(18-19-10-5-3-6-11-19)25(20-12-7-4-8-13-20)26(32)29-17-21-14-15-22(27)16-23(21)28/h3-8,10-16,25H,2,9,17-18H2,1H3,(H,29,32)/t25-/m1/s1. The highest BCUT2D eigenvalue weighted by atomic mass is 35.5. The highest BCUT2D eigenvalue weighted by Crippen LogP contribution is 2.26. The van der Waals surface area contributed by atoms with Crippen LogP contribution in [-0.2, 0) is 22.7 Å². The molecule has 0 aliphatic rings. The first-order chi connectivity index (χ1) is 15.5. The molecule has 6 heteroatoms. The fourth-order valence-electron chi connectivity index (χ4n) is 3.51. The number of hydrogen-bond donors (Lipinski definition) is 1. The maximum Gasteiger partial charge on any atom is 0.247 e. The van der Waals surface area contributed by atoms with Crippen LogP contribution in [0.2, 0.25) is 10.0 Å². The van der Waals surface area contributed by atoms with Gasteiger partial charge in [0, 0.05) is 29.6 Å². The third-order valence-corrected chi connectivity index (χ3v) is 5.71. The summed E-state index contributed by atoms with van der Waals surface area (Å²) in [6, 6.07) is 23.5. The number of benzene rings is 3. The Balaban J connectivity index is 1.91. The molecule has 0 aliphatic heterocycles. The van der Waals surface area contributed by atoms with Gasteiger partial charge in [-0.05, 0) is 35.2 Å². The molecule has 3 aromatic rings.